The van der Waals surface area contributed by atoms with Gasteiger partial charge in [-0.1, -0.05) is 17.7 Å². The number of rotatable bonds is 4. The van der Waals surface area contributed by atoms with Gasteiger partial charge in [0, 0.05) is 16.1 Å². The van der Waals surface area contributed by atoms with E-state index in [9.17, 15) is 9.59 Å². The predicted molar refractivity (Wildman–Crippen MR) is 118 cm³/mol. The maximum absolute atomic E-state index is 12.9. The van der Waals surface area contributed by atoms with Gasteiger partial charge in [-0.15, -0.1) is 11.3 Å². The van der Waals surface area contributed by atoms with E-state index in [-0.39, 0.29) is 24.5 Å². The zero-order valence-electron chi connectivity index (χ0n) is 16.9. The van der Waals surface area contributed by atoms with Gasteiger partial charge in [0.15, 0.2) is 16.6 Å². The van der Waals surface area contributed by atoms with E-state index < -0.39 is 0 Å². The van der Waals surface area contributed by atoms with Gasteiger partial charge < -0.3 is 14.8 Å². The largest absolute Gasteiger partial charge is 0.454 e. The first-order valence-corrected chi connectivity index (χ1v) is 11.0. The van der Waals surface area contributed by atoms with Crippen molar-refractivity contribution in [3.63, 3.8) is 0 Å². The number of anilines is 2. The van der Waals surface area contributed by atoms with E-state index in [0.717, 1.165) is 41.1 Å². The van der Waals surface area contributed by atoms with E-state index in [2.05, 4.69) is 15.6 Å². The quantitative estimate of drug-likeness (QED) is 0.630. The summed E-state index contributed by atoms with van der Waals surface area (Å²) < 4.78 is 10.6. The van der Waals surface area contributed by atoms with Crippen LogP contribution in [0.1, 0.15) is 45.3 Å². The standard InChI is InChI=1S/C23H21N3O4S/c1-13-5-8-15(9-6-13)24-22(28)16-3-2-4-19-20(16)25-23(31-19)26-21(27)14-7-10-17-18(11-14)30-12-29-17/h5-11,16H,2-4,12H2,1H3,(H,24,28)(H,25,26,27). The van der Waals surface area contributed by atoms with E-state index in [0.29, 0.717) is 22.2 Å². The highest BCUT2D eigenvalue weighted by Crippen LogP contribution is 2.38. The third-order valence-corrected chi connectivity index (χ3v) is 6.49. The Kier molecular flexibility index (Phi) is 5.07. The Morgan fingerprint density at radius 3 is 2.71 bits per heavy atom. The molecule has 0 saturated heterocycles. The Bertz CT molecular complexity index is 1160. The second-order valence-corrected chi connectivity index (χ2v) is 8.73. The molecule has 1 unspecified atom stereocenters. The molecule has 0 saturated carbocycles. The summed E-state index contributed by atoms with van der Waals surface area (Å²) in [6, 6.07) is 12.8. The maximum Gasteiger partial charge on any atom is 0.257 e. The average molecular weight is 436 g/mol. The Morgan fingerprint density at radius 2 is 1.87 bits per heavy atom. The number of aromatic nitrogens is 1. The van der Waals surface area contributed by atoms with Crippen molar-refractivity contribution in [2.45, 2.75) is 32.1 Å². The van der Waals surface area contributed by atoms with E-state index in [1.54, 1.807) is 18.2 Å². The van der Waals surface area contributed by atoms with E-state index in [1.807, 2.05) is 31.2 Å². The molecule has 3 aromatic rings. The molecule has 1 aromatic heterocycles. The molecule has 5 rings (SSSR count). The summed E-state index contributed by atoms with van der Waals surface area (Å²) in [6.07, 6.45) is 2.52. The van der Waals surface area contributed by atoms with Crippen LogP contribution in [0.4, 0.5) is 10.8 Å². The molecule has 7 nitrogen and oxygen atoms in total. The molecular formula is C23H21N3O4S. The van der Waals surface area contributed by atoms with Gasteiger partial charge in [0.1, 0.15) is 0 Å². The number of amides is 2. The highest BCUT2D eigenvalue weighted by molar-refractivity contribution is 7.16. The number of nitrogens with zero attached hydrogens (tertiary/aromatic N) is 1. The fourth-order valence-electron chi connectivity index (χ4n) is 3.80. The zero-order valence-corrected chi connectivity index (χ0v) is 17.8. The lowest BCUT2D eigenvalue weighted by atomic mass is 9.90. The number of carbonyl (C=O) groups excluding carboxylic acids is 2. The van der Waals surface area contributed by atoms with Crippen LogP contribution in [-0.4, -0.2) is 23.6 Å². The minimum atomic E-state index is -0.322. The monoisotopic (exact) mass is 435 g/mol. The molecule has 0 bridgehead atoms. The van der Waals surface area contributed by atoms with Crippen molar-refractivity contribution < 1.29 is 19.1 Å². The van der Waals surface area contributed by atoms with Crippen LogP contribution in [0.15, 0.2) is 42.5 Å². The molecule has 158 valence electrons. The molecule has 31 heavy (non-hydrogen) atoms. The lowest BCUT2D eigenvalue weighted by Gasteiger charge is -2.20. The highest BCUT2D eigenvalue weighted by atomic mass is 32.1. The number of benzene rings is 2. The second-order valence-electron chi connectivity index (χ2n) is 7.65. The van der Waals surface area contributed by atoms with Crippen LogP contribution in [0.2, 0.25) is 0 Å². The normalized spacial score (nSPS) is 16.5. The molecular weight excluding hydrogens is 414 g/mol. The number of thiazole rings is 1. The molecule has 2 amide bonds. The Balaban J connectivity index is 1.32. The fourth-order valence-corrected chi connectivity index (χ4v) is 4.86. The Labute approximate surface area is 183 Å². The summed E-state index contributed by atoms with van der Waals surface area (Å²) in [6.45, 7) is 2.17. The number of fused-ring (bicyclic) bond motifs is 2. The third-order valence-electron chi connectivity index (χ3n) is 5.45. The smallest absolute Gasteiger partial charge is 0.257 e. The first-order chi connectivity index (χ1) is 15.1. The molecule has 0 spiro atoms. The van der Waals surface area contributed by atoms with Crippen LogP contribution < -0.4 is 20.1 Å². The first kappa shape index (κ1) is 19.6. The van der Waals surface area contributed by atoms with Crippen molar-refractivity contribution in [2.75, 3.05) is 17.4 Å². The summed E-state index contributed by atoms with van der Waals surface area (Å²) in [4.78, 5) is 31.3. The number of hydrogen-bond acceptors (Lipinski definition) is 6. The summed E-state index contributed by atoms with van der Waals surface area (Å²) in [5.41, 5.74) is 3.14. The first-order valence-electron chi connectivity index (χ1n) is 10.1. The van der Waals surface area contributed by atoms with E-state index >= 15 is 0 Å². The van der Waals surface area contributed by atoms with E-state index in [1.165, 1.54) is 11.3 Å². The summed E-state index contributed by atoms with van der Waals surface area (Å²) in [5, 5.41) is 6.36. The second kappa shape index (κ2) is 8.03. The van der Waals surface area contributed by atoms with Crippen LogP contribution in [0.5, 0.6) is 11.5 Å². The van der Waals surface area contributed by atoms with Crippen LogP contribution >= 0.6 is 11.3 Å². The Morgan fingerprint density at radius 1 is 1.06 bits per heavy atom. The van der Waals surface area contributed by atoms with Crippen LogP contribution in [0.3, 0.4) is 0 Å². The van der Waals surface area contributed by atoms with Gasteiger partial charge in [-0.2, -0.15) is 0 Å². The molecule has 2 heterocycles. The van der Waals surface area contributed by atoms with Crippen molar-refractivity contribution in [2.24, 2.45) is 0 Å². The minimum Gasteiger partial charge on any atom is -0.454 e. The maximum atomic E-state index is 12.9. The van der Waals surface area contributed by atoms with Crippen molar-refractivity contribution >= 4 is 34.0 Å². The van der Waals surface area contributed by atoms with Gasteiger partial charge in [-0.05, 0) is 56.5 Å². The zero-order chi connectivity index (χ0) is 21.4. The van der Waals surface area contributed by atoms with Crippen LogP contribution in [0.25, 0.3) is 0 Å². The Hall–Kier alpha value is -3.39. The number of ether oxygens (including phenoxy) is 2. The summed E-state index contributed by atoms with van der Waals surface area (Å²) in [7, 11) is 0. The lowest BCUT2D eigenvalue weighted by molar-refractivity contribution is -0.117. The molecule has 1 aliphatic carbocycles. The van der Waals surface area contributed by atoms with Gasteiger partial charge in [-0.25, -0.2) is 4.98 Å². The van der Waals surface area contributed by atoms with Crippen molar-refractivity contribution in [1.82, 2.24) is 4.98 Å². The predicted octanol–water partition coefficient (Wildman–Crippen LogP) is 4.49. The minimum absolute atomic E-state index is 0.0660. The van der Waals surface area contributed by atoms with Crippen LogP contribution in [-0.2, 0) is 11.2 Å². The van der Waals surface area contributed by atoms with Gasteiger partial charge in [-0.3, -0.25) is 14.9 Å². The average Bonchev–Trinajstić information content (AvgIpc) is 3.40. The molecule has 2 aromatic carbocycles. The molecule has 2 aliphatic rings. The lowest BCUT2D eigenvalue weighted by Crippen LogP contribution is -2.24. The number of carbonyl (C=O) groups is 2. The topological polar surface area (TPSA) is 89.6 Å². The number of aryl methyl sites for hydroxylation is 2. The molecule has 2 N–H and O–H groups in total. The highest BCUT2D eigenvalue weighted by Gasteiger charge is 2.31. The van der Waals surface area contributed by atoms with Gasteiger partial charge in [0.05, 0.1) is 11.6 Å². The van der Waals surface area contributed by atoms with Crippen molar-refractivity contribution in [3.05, 3.63) is 64.2 Å². The third kappa shape index (κ3) is 3.98. The van der Waals surface area contributed by atoms with Gasteiger partial charge >= 0.3 is 0 Å². The molecule has 0 radical (unpaired) electrons. The van der Waals surface area contributed by atoms with Crippen molar-refractivity contribution in [1.29, 1.82) is 0 Å². The summed E-state index contributed by atoms with van der Waals surface area (Å²) in [5.74, 6) is 0.522. The number of hydrogen-bond donors (Lipinski definition) is 2. The molecule has 8 heteroatoms. The molecule has 1 aliphatic heterocycles. The fraction of sp³-hybridized carbons (Fsp3) is 0.261. The number of nitrogens with one attached hydrogen (secondary N) is 2. The van der Waals surface area contributed by atoms with E-state index in [4.69, 9.17) is 9.47 Å². The molecule has 0 fully saturated rings. The molecule has 1 atom stereocenters. The van der Waals surface area contributed by atoms with Gasteiger partial charge in [0.25, 0.3) is 5.91 Å². The SMILES string of the molecule is Cc1ccc(NC(=O)C2CCCc3sc(NC(=O)c4ccc5c(c4)OCO5)nc32)cc1. The summed E-state index contributed by atoms with van der Waals surface area (Å²) >= 11 is 1.43. The van der Waals surface area contributed by atoms with Crippen LogP contribution in [0, 0.1) is 6.92 Å². The van der Waals surface area contributed by atoms with Crippen molar-refractivity contribution in [3.8, 4) is 11.5 Å². The van der Waals surface area contributed by atoms with Gasteiger partial charge in [0.2, 0.25) is 12.7 Å².